The van der Waals surface area contributed by atoms with Gasteiger partial charge in [0.25, 0.3) is 5.91 Å². The van der Waals surface area contributed by atoms with Crippen molar-refractivity contribution in [3.8, 4) is 0 Å². The van der Waals surface area contributed by atoms with Crippen molar-refractivity contribution < 1.29 is 14.3 Å². The first-order valence-electron chi connectivity index (χ1n) is 7.38. The lowest BCUT2D eigenvalue weighted by Crippen LogP contribution is -2.27. The maximum Gasteiger partial charge on any atom is 0.271 e. The van der Waals surface area contributed by atoms with E-state index >= 15 is 0 Å². The van der Waals surface area contributed by atoms with E-state index in [2.05, 4.69) is 26.3 Å². The lowest BCUT2D eigenvalue weighted by atomic mass is 10.1. The summed E-state index contributed by atoms with van der Waals surface area (Å²) in [5.74, 6) is -0.191. The number of nitrogens with one attached hydrogen (secondary N) is 1. The van der Waals surface area contributed by atoms with Crippen molar-refractivity contribution in [3.63, 3.8) is 0 Å². The molecule has 0 saturated carbocycles. The van der Waals surface area contributed by atoms with Crippen molar-refractivity contribution >= 4 is 21.8 Å². The fourth-order valence-corrected chi connectivity index (χ4v) is 2.74. The highest BCUT2D eigenvalue weighted by atomic mass is 79.9. The number of hydrogen-bond donors (Lipinski definition) is 1. The van der Waals surface area contributed by atoms with Gasteiger partial charge < -0.3 is 14.8 Å². The van der Waals surface area contributed by atoms with E-state index in [9.17, 15) is 4.79 Å². The van der Waals surface area contributed by atoms with E-state index in [0.29, 0.717) is 32.0 Å². The van der Waals surface area contributed by atoms with Crippen LogP contribution in [0.3, 0.4) is 0 Å². The highest BCUT2D eigenvalue weighted by Gasteiger charge is 2.23. The van der Waals surface area contributed by atoms with E-state index in [1.54, 1.807) is 13.2 Å². The van der Waals surface area contributed by atoms with E-state index in [1.807, 2.05) is 28.9 Å². The van der Waals surface area contributed by atoms with Crippen LogP contribution in [0.15, 0.2) is 34.8 Å². The second kappa shape index (κ2) is 7.25. The van der Waals surface area contributed by atoms with Crippen LogP contribution in [-0.4, -0.2) is 35.9 Å². The molecule has 0 fully saturated rings. The van der Waals surface area contributed by atoms with Gasteiger partial charge in [0, 0.05) is 18.1 Å². The predicted octanol–water partition coefficient (Wildman–Crippen LogP) is 2.29. The number of hydrogen-bond acceptors (Lipinski definition) is 4. The second-order valence-electron chi connectivity index (χ2n) is 5.30. The Hall–Kier alpha value is -1.70. The quantitative estimate of drug-likeness (QED) is 0.809. The molecule has 1 aromatic heterocycles. The Morgan fingerprint density at radius 1 is 1.48 bits per heavy atom. The summed E-state index contributed by atoms with van der Waals surface area (Å²) in [6, 6.07) is 9.82. The normalized spacial score (nSPS) is 16.9. The molecule has 0 aliphatic carbocycles. The molecule has 0 spiro atoms. The van der Waals surface area contributed by atoms with Crippen molar-refractivity contribution in [3.05, 3.63) is 51.8 Å². The van der Waals surface area contributed by atoms with Crippen LogP contribution in [-0.2, 0) is 22.6 Å². The van der Waals surface area contributed by atoms with Gasteiger partial charge in [0.15, 0.2) is 5.69 Å². The molecule has 1 aliphatic heterocycles. The van der Waals surface area contributed by atoms with Crippen LogP contribution in [0.5, 0.6) is 0 Å². The zero-order chi connectivity index (χ0) is 16.2. The Bertz CT molecular complexity index is 684. The summed E-state index contributed by atoms with van der Waals surface area (Å²) < 4.78 is 13.7. The maximum absolute atomic E-state index is 12.0. The minimum absolute atomic E-state index is 0.0556. The molecule has 3 rings (SSSR count). The van der Waals surface area contributed by atoms with Gasteiger partial charge in [0.1, 0.15) is 6.10 Å². The molecule has 1 N–H and O–H groups in total. The molecule has 0 radical (unpaired) electrons. The van der Waals surface area contributed by atoms with Gasteiger partial charge >= 0.3 is 0 Å². The third-order valence-corrected chi connectivity index (χ3v) is 4.23. The Morgan fingerprint density at radius 3 is 3.00 bits per heavy atom. The van der Waals surface area contributed by atoms with Crippen LogP contribution in [0, 0.1) is 0 Å². The lowest BCUT2D eigenvalue weighted by Gasteiger charge is -2.24. The Morgan fingerprint density at radius 2 is 2.26 bits per heavy atom. The number of halogens is 1. The zero-order valence-corrected chi connectivity index (χ0v) is 14.4. The van der Waals surface area contributed by atoms with Crippen LogP contribution in [0.4, 0.5) is 0 Å². The summed E-state index contributed by atoms with van der Waals surface area (Å²) in [6.45, 7) is 1.99. The fourth-order valence-electron chi connectivity index (χ4n) is 2.47. The number of carbonyl (C=O) groups is 1. The fraction of sp³-hybridized carbons (Fsp3) is 0.375. The Kier molecular flexibility index (Phi) is 5.09. The largest absolute Gasteiger partial charge is 0.383 e. The SMILES string of the molecule is COCCNC(=O)c1cc2n(n1)C[C@H](c1ccc(Br)cc1)OC2. The average molecular weight is 380 g/mol. The number of amides is 1. The molecule has 0 saturated heterocycles. The molecule has 0 unspecified atom stereocenters. The van der Waals surface area contributed by atoms with Gasteiger partial charge in [-0.05, 0) is 23.8 Å². The molecule has 23 heavy (non-hydrogen) atoms. The van der Waals surface area contributed by atoms with Crippen LogP contribution in [0.2, 0.25) is 0 Å². The summed E-state index contributed by atoms with van der Waals surface area (Å²) in [5.41, 5.74) is 2.42. The first-order valence-corrected chi connectivity index (χ1v) is 8.17. The summed E-state index contributed by atoms with van der Waals surface area (Å²) in [5, 5.41) is 7.17. The molecule has 0 bridgehead atoms. The minimum atomic E-state index is -0.191. The number of nitrogens with zero attached hydrogens (tertiary/aromatic N) is 2. The van der Waals surface area contributed by atoms with E-state index in [1.165, 1.54) is 0 Å². The van der Waals surface area contributed by atoms with Gasteiger partial charge in [-0.3, -0.25) is 9.48 Å². The van der Waals surface area contributed by atoms with Gasteiger partial charge in [-0.15, -0.1) is 0 Å². The molecule has 2 heterocycles. The van der Waals surface area contributed by atoms with E-state index in [0.717, 1.165) is 15.7 Å². The zero-order valence-electron chi connectivity index (χ0n) is 12.8. The predicted molar refractivity (Wildman–Crippen MR) is 88.1 cm³/mol. The van der Waals surface area contributed by atoms with Crippen LogP contribution < -0.4 is 5.32 Å². The van der Waals surface area contributed by atoms with Crippen LogP contribution in [0.1, 0.15) is 27.8 Å². The Labute approximate surface area is 142 Å². The first-order chi connectivity index (χ1) is 11.2. The molecule has 1 atom stereocenters. The number of aromatic nitrogens is 2. The van der Waals surface area contributed by atoms with E-state index in [-0.39, 0.29) is 12.0 Å². The van der Waals surface area contributed by atoms with Gasteiger partial charge in [0.05, 0.1) is 25.5 Å². The smallest absolute Gasteiger partial charge is 0.271 e. The van der Waals surface area contributed by atoms with Crippen molar-refractivity contribution in [1.29, 1.82) is 0 Å². The van der Waals surface area contributed by atoms with Gasteiger partial charge in [-0.1, -0.05) is 28.1 Å². The highest BCUT2D eigenvalue weighted by Crippen LogP contribution is 2.27. The summed E-state index contributed by atoms with van der Waals surface area (Å²) in [6.07, 6.45) is -0.0556. The number of ether oxygens (including phenoxy) is 2. The van der Waals surface area contributed by atoms with E-state index < -0.39 is 0 Å². The summed E-state index contributed by atoms with van der Waals surface area (Å²) >= 11 is 3.43. The molecular weight excluding hydrogens is 362 g/mol. The van der Waals surface area contributed by atoms with Crippen molar-refractivity contribution in [1.82, 2.24) is 15.1 Å². The highest BCUT2D eigenvalue weighted by molar-refractivity contribution is 9.10. The van der Waals surface area contributed by atoms with Crippen LogP contribution in [0.25, 0.3) is 0 Å². The van der Waals surface area contributed by atoms with E-state index in [4.69, 9.17) is 9.47 Å². The molecule has 1 amide bonds. The lowest BCUT2D eigenvalue weighted by molar-refractivity contribution is -0.00120. The summed E-state index contributed by atoms with van der Waals surface area (Å²) in [4.78, 5) is 12.0. The number of rotatable bonds is 5. The molecule has 1 aliphatic rings. The maximum atomic E-state index is 12.0. The van der Waals surface area contributed by atoms with Crippen molar-refractivity contribution in [2.75, 3.05) is 20.3 Å². The second-order valence-corrected chi connectivity index (χ2v) is 6.22. The molecule has 2 aromatic rings. The van der Waals surface area contributed by atoms with Gasteiger partial charge in [-0.2, -0.15) is 5.10 Å². The van der Waals surface area contributed by atoms with Gasteiger partial charge in [-0.25, -0.2) is 0 Å². The molecule has 6 nitrogen and oxygen atoms in total. The van der Waals surface area contributed by atoms with Crippen molar-refractivity contribution in [2.45, 2.75) is 19.3 Å². The molecule has 122 valence electrons. The molecular formula is C16H18BrN3O3. The number of fused-ring (bicyclic) bond motifs is 1. The summed E-state index contributed by atoms with van der Waals surface area (Å²) in [7, 11) is 1.60. The Balaban J connectivity index is 1.69. The monoisotopic (exact) mass is 379 g/mol. The minimum Gasteiger partial charge on any atom is -0.383 e. The first kappa shape index (κ1) is 16.2. The number of methoxy groups -OCH3 is 1. The van der Waals surface area contributed by atoms with Gasteiger partial charge in [0.2, 0.25) is 0 Å². The third kappa shape index (κ3) is 3.80. The third-order valence-electron chi connectivity index (χ3n) is 3.70. The number of benzene rings is 1. The standard InChI is InChI=1S/C16H18BrN3O3/c1-22-7-6-18-16(21)14-8-13-10-23-15(9-20(13)19-14)11-2-4-12(17)5-3-11/h2-5,8,15H,6-7,9-10H2,1H3,(H,18,21)/t15-/m1/s1. The average Bonchev–Trinajstić information content (AvgIpc) is 2.99. The molecule has 1 aromatic carbocycles. The number of carbonyl (C=O) groups excluding carboxylic acids is 1. The molecule has 7 heteroatoms. The topological polar surface area (TPSA) is 65.4 Å². The van der Waals surface area contributed by atoms with Crippen molar-refractivity contribution in [2.24, 2.45) is 0 Å². The van der Waals surface area contributed by atoms with Crippen LogP contribution >= 0.6 is 15.9 Å².